The summed E-state index contributed by atoms with van der Waals surface area (Å²) in [5.74, 6) is 0. The molecular formula is C16H20N2. The van der Waals surface area contributed by atoms with Crippen LogP contribution in [0.1, 0.15) is 18.1 Å². The zero-order valence-electron chi connectivity index (χ0n) is 11.1. The van der Waals surface area contributed by atoms with E-state index in [1.165, 1.54) is 16.8 Å². The lowest BCUT2D eigenvalue weighted by Crippen LogP contribution is -2.22. The van der Waals surface area contributed by atoms with Crippen LogP contribution < -0.4 is 10.6 Å². The third-order valence-corrected chi connectivity index (χ3v) is 3.05. The number of nitrogens with two attached hydrogens (primary N) is 1. The van der Waals surface area contributed by atoms with E-state index in [1.807, 2.05) is 18.2 Å². The molecule has 0 heterocycles. The lowest BCUT2D eigenvalue weighted by Gasteiger charge is -2.24. The average Bonchev–Trinajstić information content (AvgIpc) is 2.36. The van der Waals surface area contributed by atoms with Gasteiger partial charge in [-0.05, 0) is 43.2 Å². The van der Waals surface area contributed by atoms with E-state index in [0.717, 1.165) is 18.8 Å². The van der Waals surface area contributed by atoms with E-state index in [-0.39, 0.29) is 0 Å². The molecule has 0 bridgehead atoms. The normalized spacial score (nSPS) is 10.3. The molecule has 2 aromatic rings. The Labute approximate surface area is 109 Å². The van der Waals surface area contributed by atoms with E-state index in [0.29, 0.717) is 0 Å². The molecule has 0 radical (unpaired) electrons. The number of aryl methyl sites for hydroxylation is 1. The van der Waals surface area contributed by atoms with Crippen LogP contribution >= 0.6 is 0 Å². The summed E-state index contributed by atoms with van der Waals surface area (Å²) in [6.07, 6.45) is 0. The molecule has 18 heavy (non-hydrogen) atoms. The second-order valence-electron chi connectivity index (χ2n) is 4.60. The summed E-state index contributed by atoms with van der Waals surface area (Å²) in [6.45, 7) is 6.13. The Morgan fingerprint density at radius 1 is 1.06 bits per heavy atom. The molecule has 0 aliphatic carbocycles. The first-order chi connectivity index (χ1) is 8.69. The number of anilines is 2. The van der Waals surface area contributed by atoms with Gasteiger partial charge in [-0.2, -0.15) is 0 Å². The molecule has 94 valence electrons. The fraction of sp³-hybridized carbons (Fsp3) is 0.250. The summed E-state index contributed by atoms with van der Waals surface area (Å²) in [4.78, 5) is 2.33. The van der Waals surface area contributed by atoms with Crippen LogP contribution in [0, 0.1) is 6.92 Å². The number of nitrogens with zero attached hydrogens (tertiary/aromatic N) is 1. The number of hydrogen-bond donors (Lipinski definition) is 1. The Bertz CT molecular complexity index is 486. The maximum Gasteiger partial charge on any atom is 0.0429 e. The molecule has 2 aromatic carbocycles. The minimum absolute atomic E-state index is 0.830. The Morgan fingerprint density at radius 2 is 1.78 bits per heavy atom. The quantitative estimate of drug-likeness (QED) is 0.827. The number of rotatable bonds is 4. The second-order valence-corrected chi connectivity index (χ2v) is 4.60. The van der Waals surface area contributed by atoms with Crippen molar-refractivity contribution in [3.63, 3.8) is 0 Å². The summed E-state index contributed by atoms with van der Waals surface area (Å²) in [6, 6.07) is 16.7. The molecule has 2 rings (SSSR count). The lowest BCUT2D eigenvalue weighted by molar-refractivity contribution is 0.831. The van der Waals surface area contributed by atoms with Gasteiger partial charge < -0.3 is 10.6 Å². The van der Waals surface area contributed by atoms with Crippen molar-refractivity contribution in [3.8, 4) is 0 Å². The first kappa shape index (κ1) is 12.5. The van der Waals surface area contributed by atoms with Crippen LogP contribution in [-0.4, -0.2) is 6.54 Å². The lowest BCUT2D eigenvalue weighted by atomic mass is 10.1. The first-order valence-corrected chi connectivity index (χ1v) is 6.35. The van der Waals surface area contributed by atoms with Gasteiger partial charge in [0.2, 0.25) is 0 Å². The van der Waals surface area contributed by atoms with E-state index in [2.05, 4.69) is 49.1 Å². The largest absolute Gasteiger partial charge is 0.399 e. The highest BCUT2D eigenvalue weighted by molar-refractivity contribution is 5.58. The minimum Gasteiger partial charge on any atom is -0.399 e. The molecule has 0 aliphatic rings. The van der Waals surface area contributed by atoms with Crippen LogP contribution in [0.15, 0.2) is 48.5 Å². The van der Waals surface area contributed by atoms with E-state index >= 15 is 0 Å². The highest BCUT2D eigenvalue weighted by Crippen LogP contribution is 2.22. The average molecular weight is 240 g/mol. The Balaban J connectivity index is 2.23. The summed E-state index contributed by atoms with van der Waals surface area (Å²) in [7, 11) is 0. The van der Waals surface area contributed by atoms with Crippen molar-refractivity contribution in [2.75, 3.05) is 17.2 Å². The van der Waals surface area contributed by atoms with Crippen LogP contribution in [0.25, 0.3) is 0 Å². The maximum atomic E-state index is 5.92. The van der Waals surface area contributed by atoms with Gasteiger partial charge in [-0.25, -0.2) is 0 Å². The summed E-state index contributed by atoms with van der Waals surface area (Å²) in [5.41, 5.74) is 10.5. The molecular weight excluding hydrogens is 220 g/mol. The topological polar surface area (TPSA) is 29.3 Å². The summed E-state index contributed by atoms with van der Waals surface area (Å²) >= 11 is 0. The molecule has 2 N–H and O–H groups in total. The van der Waals surface area contributed by atoms with Crippen molar-refractivity contribution in [1.82, 2.24) is 0 Å². The summed E-state index contributed by atoms with van der Waals surface area (Å²) in [5, 5.41) is 0. The van der Waals surface area contributed by atoms with E-state index in [1.54, 1.807) is 0 Å². The predicted molar refractivity (Wildman–Crippen MR) is 78.8 cm³/mol. The molecule has 0 amide bonds. The van der Waals surface area contributed by atoms with Crippen molar-refractivity contribution in [2.24, 2.45) is 0 Å². The standard InChI is InChI=1S/C16H20N2/c1-3-18(12-14-7-5-4-6-8-14)16-10-13(2)9-15(17)11-16/h4-11H,3,12,17H2,1-2H3. The molecule has 0 spiro atoms. The molecule has 0 unspecified atom stereocenters. The fourth-order valence-electron chi connectivity index (χ4n) is 2.16. The molecule has 0 atom stereocenters. The van der Waals surface area contributed by atoms with Crippen LogP contribution in [-0.2, 0) is 6.54 Å². The van der Waals surface area contributed by atoms with Crippen molar-refractivity contribution in [2.45, 2.75) is 20.4 Å². The molecule has 0 saturated carbocycles. The molecule has 0 aliphatic heterocycles. The number of benzene rings is 2. The zero-order chi connectivity index (χ0) is 13.0. The zero-order valence-corrected chi connectivity index (χ0v) is 11.1. The van der Waals surface area contributed by atoms with Crippen LogP contribution in [0.3, 0.4) is 0 Å². The van der Waals surface area contributed by atoms with Crippen LogP contribution in [0.4, 0.5) is 11.4 Å². The van der Waals surface area contributed by atoms with E-state index in [4.69, 9.17) is 5.73 Å². The Kier molecular flexibility index (Phi) is 3.88. The monoisotopic (exact) mass is 240 g/mol. The van der Waals surface area contributed by atoms with Crippen molar-refractivity contribution in [3.05, 3.63) is 59.7 Å². The van der Waals surface area contributed by atoms with Gasteiger partial charge >= 0.3 is 0 Å². The molecule has 0 saturated heterocycles. The van der Waals surface area contributed by atoms with E-state index < -0.39 is 0 Å². The van der Waals surface area contributed by atoms with Gasteiger partial charge in [0.25, 0.3) is 0 Å². The molecule has 0 fully saturated rings. The SMILES string of the molecule is CCN(Cc1ccccc1)c1cc(C)cc(N)c1. The maximum absolute atomic E-state index is 5.92. The molecule has 2 nitrogen and oxygen atoms in total. The highest BCUT2D eigenvalue weighted by atomic mass is 15.1. The van der Waals surface area contributed by atoms with Gasteiger partial charge in [0.15, 0.2) is 0 Å². The Hall–Kier alpha value is -1.96. The third kappa shape index (κ3) is 3.04. The predicted octanol–water partition coefficient (Wildman–Crippen LogP) is 3.60. The van der Waals surface area contributed by atoms with Gasteiger partial charge in [-0.3, -0.25) is 0 Å². The third-order valence-electron chi connectivity index (χ3n) is 3.05. The van der Waals surface area contributed by atoms with Gasteiger partial charge in [0.05, 0.1) is 0 Å². The molecule has 0 aromatic heterocycles. The van der Waals surface area contributed by atoms with Crippen molar-refractivity contribution >= 4 is 11.4 Å². The van der Waals surface area contributed by atoms with Crippen molar-refractivity contribution in [1.29, 1.82) is 0 Å². The van der Waals surface area contributed by atoms with Crippen LogP contribution in [0.2, 0.25) is 0 Å². The summed E-state index contributed by atoms with van der Waals surface area (Å²) < 4.78 is 0. The number of nitrogen functional groups attached to an aromatic ring is 1. The smallest absolute Gasteiger partial charge is 0.0429 e. The molecule has 2 heteroatoms. The van der Waals surface area contributed by atoms with Gasteiger partial charge in [-0.15, -0.1) is 0 Å². The van der Waals surface area contributed by atoms with Crippen LogP contribution in [0.5, 0.6) is 0 Å². The Morgan fingerprint density at radius 3 is 2.39 bits per heavy atom. The highest BCUT2D eigenvalue weighted by Gasteiger charge is 2.06. The van der Waals surface area contributed by atoms with Gasteiger partial charge in [-0.1, -0.05) is 30.3 Å². The first-order valence-electron chi connectivity index (χ1n) is 6.35. The second kappa shape index (κ2) is 5.58. The van der Waals surface area contributed by atoms with Gasteiger partial charge in [0, 0.05) is 24.5 Å². The van der Waals surface area contributed by atoms with Crippen molar-refractivity contribution < 1.29 is 0 Å². The number of hydrogen-bond acceptors (Lipinski definition) is 2. The fourth-order valence-corrected chi connectivity index (χ4v) is 2.16. The van der Waals surface area contributed by atoms with Gasteiger partial charge in [0.1, 0.15) is 0 Å². The minimum atomic E-state index is 0.830. The van der Waals surface area contributed by atoms with E-state index in [9.17, 15) is 0 Å².